The van der Waals surface area contributed by atoms with Gasteiger partial charge < -0.3 is 15.7 Å². The Labute approximate surface area is 132 Å². The van der Waals surface area contributed by atoms with Gasteiger partial charge in [0.05, 0.1) is 0 Å². The van der Waals surface area contributed by atoms with Crippen molar-refractivity contribution in [1.29, 1.82) is 0 Å². The first-order chi connectivity index (χ1) is 10.5. The summed E-state index contributed by atoms with van der Waals surface area (Å²) >= 11 is 0. The predicted molar refractivity (Wildman–Crippen MR) is 86.3 cm³/mol. The maximum absolute atomic E-state index is 11.6. The number of amides is 2. The molecule has 0 saturated carbocycles. The van der Waals surface area contributed by atoms with Crippen LogP contribution < -0.4 is 10.6 Å². The summed E-state index contributed by atoms with van der Waals surface area (Å²) in [7, 11) is 0. The molecular weight excluding hydrogens is 280 g/mol. The Morgan fingerprint density at radius 3 is 2.23 bits per heavy atom. The quantitative estimate of drug-likeness (QED) is 0.505. The van der Waals surface area contributed by atoms with E-state index in [2.05, 4.69) is 24.5 Å². The Morgan fingerprint density at radius 1 is 1.00 bits per heavy atom. The van der Waals surface area contributed by atoms with Crippen LogP contribution >= 0.6 is 0 Å². The van der Waals surface area contributed by atoms with Crippen LogP contribution in [0.4, 0.5) is 0 Å². The molecule has 0 spiro atoms. The maximum Gasteiger partial charge on any atom is 0.309 e. The number of hydrogen-bond acceptors (Lipinski definition) is 3. The summed E-state index contributed by atoms with van der Waals surface area (Å²) in [6.07, 6.45) is 2.31. The molecule has 0 aliphatic heterocycles. The number of aliphatic hydroxyl groups is 1. The largest absolute Gasteiger partial charge is 0.396 e. The van der Waals surface area contributed by atoms with Crippen molar-refractivity contribution in [2.24, 2.45) is 0 Å². The molecule has 0 unspecified atom stereocenters. The second kappa shape index (κ2) is 9.95. The molecule has 0 aliphatic rings. The summed E-state index contributed by atoms with van der Waals surface area (Å²) in [6, 6.07) is 7.99. The summed E-state index contributed by atoms with van der Waals surface area (Å²) in [6.45, 7) is 5.21. The van der Waals surface area contributed by atoms with Crippen molar-refractivity contribution >= 4 is 11.8 Å². The van der Waals surface area contributed by atoms with Crippen LogP contribution in [0.1, 0.15) is 50.2 Å². The third-order valence-corrected chi connectivity index (χ3v) is 3.43. The number of nitrogens with one attached hydrogen (secondary N) is 2. The van der Waals surface area contributed by atoms with Crippen molar-refractivity contribution in [3.8, 4) is 0 Å². The van der Waals surface area contributed by atoms with Gasteiger partial charge in [0.15, 0.2) is 0 Å². The molecule has 0 radical (unpaired) electrons. The standard InChI is InChI=1S/C17H26N2O3/c1-13(2)15-8-6-14(7-9-15)12-19-17(22)16(21)18-10-4-3-5-11-20/h6-9,13,20H,3-5,10-12H2,1-2H3,(H,18,21)(H,19,22). The van der Waals surface area contributed by atoms with Crippen LogP contribution in [0.5, 0.6) is 0 Å². The summed E-state index contributed by atoms with van der Waals surface area (Å²) in [4.78, 5) is 23.2. The van der Waals surface area contributed by atoms with Gasteiger partial charge in [-0.2, -0.15) is 0 Å². The van der Waals surface area contributed by atoms with Crippen molar-refractivity contribution < 1.29 is 14.7 Å². The summed E-state index contributed by atoms with van der Waals surface area (Å²) in [5, 5.41) is 13.8. The van der Waals surface area contributed by atoms with E-state index < -0.39 is 11.8 Å². The Morgan fingerprint density at radius 2 is 1.64 bits per heavy atom. The van der Waals surface area contributed by atoms with Gasteiger partial charge in [-0.15, -0.1) is 0 Å². The van der Waals surface area contributed by atoms with Gasteiger partial charge in [-0.25, -0.2) is 0 Å². The lowest BCUT2D eigenvalue weighted by atomic mass is 10.0. The SMILES string of the molecule is CC(C)c1ccc(CNC(=O)C(=O)NCCCCCO)cc1. The molecule has 0 heterocycles. The Hall–Kier alpha value is -1.88. The summed E-state index contributed by atoms with van der Waals surface area (Å²) in [5.74, 6) is -0.752. The smallest absolute Gasteiger partial charge is 0.309 e. The molecule has 5 nitrogen and oxygen atoms in total. The van der Waals surface area contributed by atoms with Gasteiger partial charge in [0.25, 0.3) is 0 Å². The molecule has 1 rings (SSSR count). The van der Waals surface area contributed by atoms with E-state index in [9.17, 15) is 9.59 Å². The predicted octanol–water partition coefficient (Wildman–Crippen LogP) is 1.70. The molecule has 0 aromatic heterocycles. The van der Waals surface area contributed by atoms with Gasteiger partial charge in [0, 0.05) is 19.7 Å². The van der Waals surface area contributed by atoms with E-state index in [0.717, 1.165) is 18.4 Å². The van der Waals surface area contributed by atoms with Crippen LogP contribution in [-0.4, -0.2) is 30.1 Å². The topological polar surface area (TPSA) is 78.4 Å². The maximum atomic E-state index is 11.6. The third kappa shape index (κ3) is 6.72. The first kappa shape index (κ1) is 18.2. The average molecular weight is 306 g/mol. The first-order valence-corrected chi connectivity index (χ1v) is 7.80. The Kier molecular flexibility index (Phi) is 8.22. The summed E-state index contributed by atoms with van der Waals surface area (Å²) < 4.78 is 0. The highest BCUT2D eigenvalue weighted by atomic mass is 16.3. The lowest BCUT2D eigenvalue weighted by Crippen LogP contribution is -2.39. The number of carbonyl (C=O) groups is 2. The highest BCUT2D eigenvalue weighted by molar-refractivity contribution is 6.35. The molecule has 0 atom stereocenters. The lowest BCUT2D eigenvalue weighted by Gasteiger charge is -2.08. The van der Waals surface area contributed by atoms with Crippen LogP contribution in [0, 0.1) is 0 Å². The van der Waals surface area contributed by atoms with Crippen LogP contribution in [0.2, 0.25) is 0 Å². The highest BCUT2D eigenvalue weighted by Crippen LogP contribution is 2.14. The van der Waals surface area contributed by atoms with Crippen molar-refractivity contribution in [2.75, 3.05) is 13.2 Å². The molecule has 0 saturated heterocycles. The minimum Gasteiger partial charge on any atom is -0.396 e. The second-order valence-corrected chi connectivity index (χ2v) is 5.62. The molecular formula is C17H26N2O3. The van der Waals surface area contributed by atoms with E-state index in [0.29, 0.717) is 25.4 Å². The molecule has 0 aliphatic carbocycles. The average Bonchev–Trinajstić information content (AvgIpc) is 2.52. The van der Waals surface area contributed by atoms with E-state index >= 15 is 0 Å². The minimum absolute atomic E-state index is 0.157. The van der Waals surface area contributed by atoms with Crippen LogP contribution in [0.15, 0.2) is 24.3 Å². The van der Waals surface area contributed by atoms with Crippen LogP contribution in [0.3, 0.4) is 0 Å². The van der Waals surface area contributed by atoms with Crippen molar-refractivity contribution in [3.63, 3.8) is 0 Å². The minimum atomic E-state index is -0.616. The zero-order chi connectivity index (χ0) is 16.4. The van der Waals surface area contributed by atoms with Gasteiger partial charge in [0.1, 0.15) is 0 Å². The monoisotopic (exact) mass is 306 g/mol. The lowest BCUT2D eigenvalue weighted by molar-refractivity contribution is -0.139. The second-order valence-electron chi connectivity index (χ2n) is 5.62. The van der Waals surface area contributed by atoms with Crippen LogP contribution in [-0.2, 0) is 16.1 Å². The molecule has 22 heavy (non-hydrogen) atoms. The zero-order valence-corrected chi connectivity index (χ0v) is 13.4. The van der Waals surface area contributed by atoms with E-state index in [-0.39, 0.29) is 6.61 Å². The van der Waals surface area contributed by atoms with Gasteiger partial charge in [-0.3, -0.25) is 9.59 Å². The molecule has 1 aromatic carbocycles. The fraction of sp³-hybridized carbons (Fsp3) is 0.529. The number of aliphatic hydroxyl groups excluding tert-OH is 1. The van der Waals surface area contributed by atoms with E-state index in [1.807, 2.05) is 24.3 Å². The van der Waals surface area contributed by atoms with Gasteiger partial charge >= 0.3 is 11.8 Å². The van der Waals surface area contributed by atoms with Crippen molar-refractivity contribution in [1.82, 2.24) is 10.6 Å². The fourth-order valence-electron chi connectivity index (χ4n) is 1.98. The zero-order valence-electron chi connectivity index (χ0n) is 13.4. The van der Waals surface area contributed by atoms with Crippen molar-refractivity contribution in [3.05, 3.63) is 35.4 Å². The molecule has 0 bridgehead atoms. The van der Waals surface area contributed by atoms with E-state index in [1.165, 1.54) is 5.56 Å². The van der Waals surface area contributed by atoms with Crippen molar-refractivity contribution in [2.45, 2.75) is 45.6 Å². The number of hydrogen-bond donors (Lipinski definition) is 3. The number of rotatable bonds is 8. The number of carbonyl (C=O) groups excluding carboxylic acids is 2. The first-order valence-electron chi connectivity index (χ1n) is 7.80. The number of unbranched alkanes of at least 4 members (excludes halogenated alkanes) is 2. The fourth-order valence-corrected chi connectivity index (χ4v) is 1.98. The van der Waals surface area contributed by atoms with Gasteiger partial charge in [0.2, 0.25) is 0 Å². The van der Waals surface area contributed by atoms with Gasteiger partial charge in [-0.1, -0.05) is 38.1 Å². The Bertz CT molecular complexity index is 469. The third-order valence-electron chi connectivity index (χ3n) is 3.43. The molecule has 122 valence electrons. The normalized spacial score (nSPS) is 10.5. The number of benzene rings is 1. The molecule has 3 N–H and O–H groups in total. The van der Waals surface area contributed by atoms with E-state index in [4.69, 9.17) is 5.11 Å². The Balaban J connectivity index is 2.28. The molecule has 5 heteroatoms. The molecule has 0 fully saturated rings. The molecule has 1 aromatic rings. The van der Waals surface area contributed by atoms with Gasteiger partial charge in [-0.05, 0) is 36.3 Å². The van der Waals surface area contributed by atoms with Crippen LogP contribution in [0.25, 0.3) is 0 Å². The molecule has 2 amide bonds. The summed E-state index contributed by atoms with van der Waals surface area (Å²) in [5.41, 5.74) is 2.21. The van der Waals surface area contributed by atoms with E-state index in [1.54, 1.807) is 0 Å². The highest BCUT2D eigenvalue weighted by Gasteiger charge is 2.12.